The van der Waals surface area contributed by atoms with Gasteiger partial charge >= 0.3 is 0 Å². The van der Waals surface area contributed by atoms with Gasteiger partial charge in [-0.25, -0.2) is 0 Å². The zero-order valence-corrected chi connectivity index (χ0v) is 11.0. The number of alkyl halides is 1. The van der Waals surface area contributed by atoms with Crippen molar-refractivity contribution >= 4 is 15.9 Å². The highest BCUT2D eigenvalue weighted by Gasteiger charge is 2.28. The van der Waals surface area contributed by atoms with Crippen molar-refractivity contribution in [2.45, 2.75) is 49.5 Å². The molecule has 1 saturated carbocycles. The summed E-state index contributed by atoms with van der Waals surface area (Å²) in [5.41, 5.74) is 3.05. The predicted octanol–water partition coefficient (Wildman–Crippen LogP) is 3.87. The van der Waals surface area contributed by atoms with Gasteiger partial charge in [0.1, 0.15) is 11.9 Å². The van der Waals surface area contributed by atoms with E-state index in [0.29, 0.717) is 10.9 Å². The lowest BCUT2D eigenvalue weighted by Crippen LogP contribution is -2.34. The Bertz CT molecular complexity index is 382. The molecule has 1 nitrogen and oxygen atoms in total. The number of rotatable bonds is 2. The Morgan fingerprint density at radius 2 is 1.81 bits per heavy atom. The molecule has 86 valence electrons. The molecule has 0 heterocycles. The third-order valence-corrected chi connectivity index (χ3v) is 4.41. The third-order valence-electron chi connectivity index (χ3n) is 3.66. The number of benzene rings is 1. The maximum Gasteiger partial charge on any atom is 0.120 e. The summed E-state index contributed by atoms with van der Waals surface area (Å²) >= 11 is 3.59. The lowest BCUT2D eigenvalue weighted by molar-refractivity contribution is 0.128. The Kier molecular flexibility index (Phi) is 2.93. The molecular weight excluding hydrogens is 264 g/mol. The van der Waals surface area contributed by atoms with Crippen LogP contribution in [0.25, 0.3) is 0 Å². The second-order valence-electron chi connectivity index (χ2n) is 4.95. The van der Waals surface area contributed by atoms with Crippen molar-refractivity contribution in [1.82, 2.24) is 0 Å². The van der Waals surface area contributed by atoms with Gasteiger partial charge in [-0.2, -0.15) is 0 Å². The SMILES string of the molecule is BrC1CC(Oc2ccc3c(c2)CCCC3)C1. The molecule has 16 heavy (non-hydrogen) atoms. The molecule has 0 atom stereocenters. The minimum absolute atomic E-state index is 0.436. The first-order valence-corrected chi connectivity index (χ1v) is 7.15. The molecule has 0 amide bonds. The van der Waals surface area contributed by atoms with Crippen molar-refractivity contribution in [3.63, 3.8) is 0 Å². The Morgan fingerprint density at radius 1 is 1.06 bits per heavy atom. The van der Waals surface area contributed by atoms with Gasteiger partial charge in [0, 0.05) is 4.83 Å². The molecule has 0 saturated heterocycles. The Morgan fingerprint density at radius 3 is 2.56 bits per heavy atom. The number of aryl methyl sites for hydroxylation is 2. The van der Waals surface area contributed by atoms with E-state index in [1.54, 1.807) is 0 Å². The largest absolute Gasteiger partial charge is 0.490 e. The molecule has 0 aromatic heterocycles. The summed E-state index contributed by atoms with van der Waals surface area (Å²) in [7, 11) is 0. The van der Waals surface area contributed by atoms with Crippen LogP contribution in [0, 0.1) is 0 Å². The van der Waals surface area contributed by atoms with Crippen molar-refractivity contribution < 1.29 is 4.74 Å². The van der Waals surface area contributed by atoms with E-state index in [1.807, 2.05) is 0 Å². The van der Waals surface area contributed by atoms with Crippen LogP contribution in [0.5, 0.6) is 5.75 Å². The van der Waals surface area contributed by atoms with E-state index < -0.39 is 0 Å². The number of hydrogen-bond acceptors (Lipinski definition) is 1. The van der Waals surface area contributed by atoms with Crippen LogP contribution in [0.4, 0.5) is 0 Å². The third kappa shape index (κ3) is 2.13. The molecule has 1 aromatic carbocycles. The van der Waals surface area contributed by atoms with Crippen molar-refractivity contribution in [2.24, 2.45) is 0 Å². The fraction of sp³-hybridized carbons (Fsp3) is 0.571. The van der Waals surface area contributed by atoms with Crippen LogP contribution in [-0.4, -0.2) is 10.9 Å². The van der Waals surface area contributed by atoms with Gasteiger partial charge in [-0.15, -0.1) is 0 Å². The highest BCUT2D eigenvalue weighted by molar-refractivity contribution is 9.09. The Labute approximate surface area is 105 Å². The zero-order chi connectivity index (χ0) is 11.0. The molecule has 0 unspecified atom stereocenters. The first-order chi connectivity index (χ1) is 7.81. The standard InChI is InChI=1S/C14H17BrO/c15-12-8-14(9-12)16-13-6-5-10-3-1-2-4-11(10)7-13/h5-7,12,14H,1-4,8-9H2. The van der Waals surface area contributed by atoms with Gasteiger partial charge in [-0.05, 0) is 61.8 Å². The summed E-state index contributed by atoms with van der Waals surface area (Å²) in [5, 5.41) is 0. The van der Waals surface area contributed by atoms with E-state index in [9.17, 15) is 0 Å². The molecule has 3 rings (SSSR count). The summed E-state index contributed by atoms with van der Waals surface area (Å²) in [6.45, 7) is 0. The Balaban J connectivity index is 1.71. The monoisotopic (exact) mass is 280 g/mol. The number of fused-ring (bicyclic) bond motifs is 1. The number of ether oxygens (including phenoxy) is 1. The predicted molar refractivity (Wildman–Crippen MR) is 69.4 cm³/mol. The molecule has 0 N–H and O–H groups in total. The van der Waals surface area contributed by atoms with E-state index in [1.165, 1.54) is 36.8 Å². The number of halogens is 1. The summed E-state index contributed by atoms with van der Waals surface area (Å²) in [6, 6.07) is 6.66. The van der Waals surface area contributed by atoms with Crippen molar-refractivity contribution in [1.29, 1.82) is 0 Å². The van der Waals surface area contributed by atoms with Crippen LogP contribution in [0.1, 0.15) is 36.8 Å². The highest BCUT2D eigenvalue weighted by atomic mass is 79.9. The molecule has 1 aromatic rings. The van der Waals surface area contributed by atoms with Crippen LogP contribution in [0.2, 0.25) is 0 Å². The molecule has 2 aliphatic rings. The van der Waals surface area contributed by atoms with Crippen molar-refractivity contribution in [3.05, 3.63) is 29.3 Å². The van der Waals surface area contributed by atoms with E-state index in [2.05, 4.69) is 34.1 Å². The summed E-state index contributed by atoms with van der Waals surface area (Å²) in [6.07, 6.45) is 7.91. The van der Waals surface area contributed by atoms with Gasteiger partial charge in [0.05, 0.1) is 0 Å². The topological polar surface area (TPSA) is 9.23 Å². The first-order valence-electron chi connectivity index (χ1n) is 6.24. The molecule has 2 heteroatoms. The summed E-state index contributed by atoms with van der Waals surface area (Å²) in [4.78, 5) is 0.676. The van der Waals surface area contributed by atoms with E-state index in [0.717, 1.165) is 18.6 Å². The van der Waals surface area contributed by atoms with Crippen LogP contribution >= 0.6 is 15.9 Å². The van der Waals surface area contributed by atoms with Crippen LogP contribution in [-0.2, 0) is 12.8 Å². The smallest absolute Gasteiger partial charge is 0.120 e. The average Bonchev–Trinajstić information content (AvgIpc) is 2.27. The quantitative estimate of drug-likeness (QED) is 0.748. The Hall–Kier alpha value is -0.500. The van der Waals surface area contributed by atoms with Gasteiger partial charge in [0.2, 0.25) is 0 Å². The van der Waals surface area contributed by atoms with Crippen LogP contribution in [0.15, 0.2) is 18.2 Å². The summed E-state index contributed by atoms with van der Waals surface area (Å²) in [5.74, 6) is 1.07. The van der Waals surface area contributed by atoms with E-state index in [4.69, 9.17) is 4.74 Å². The van der Waals surface area contributed by atoms with Gasteiger partial charge in [0.15, 0.2) is 0 Å². The molecule has 1 fully saturated rings. The second kappa shape index (κ2) is 4.40. The minimum atomic E-state index is 0.436. The normalized spacial score (nSPS) is 28.1. The van der Waals surface area contributed by atoms with Gasteiger partial charge in [-0.3, -0.25) is 0 Å². The molecular formula is C14H17BrO. The first kappa shape index (κ1) is 10.6. The fourth-order valence-electron chi connectivity index (χ4n) is 2.57. The fourth-order valence-corrected chi connectivity index (χ4v) is 3.41. The highest BCUT2D eigenvalue weighted by Crippen LogP contribution is 2.32. The second-order valence-corrected chi connectivity index (χ2v) is 6.24. The molecule has 0 spiro atoms. The minimum Gasteiger partial charge on any atom is -0.490 e. The zero-order valence-electron chi connectivity index (χ0n) is 9.42. The molecule has 2 aliphatic carbocycles. The van der Waals surface area contributed by atoms with Gasteiger partial charge < -0.3 is 4.74 Å². The lowest BCUT2D eigenvalue weighted by Gasteiger charge is -2.32. The van der Waals surface area contributed by atoms with Crippen molar-refractivity contribution in [3.8, 4) is 5.75 Å². The lowest BCUT2D eigenvalue weighted by atomic mass is 9.91. The molecule has 0 aliphatic heterocycles. The maximum absolute atomic E-state index is 5.96. The van der Waals surface area contributed by atoms with Gasteiger partial charge in [-0.1, -0.05) is 22.0 Å². The summed E-state index contributed by atoms with van der Waals surface area (Å²) < 4.78 is 5.96. The average molecular weight is 281 g/mol. The van der Waals surface area contributed by atoms with Crippen LogP contribution < -0.4 is 4.74 Å². The van der Waals surface area contributed by atoms with E-state index >= 15 is 0 Å². The van der Waals surface area contributed by atoms with Crippen LogP contribution in [0.3, 0.4) is 0 Å². The number of hydrogen-bond donors (Lipinski definition) is 0. The maximum atomic E-state index is 5.96. The van der Waals surface area contributed by atoms with Gasteiger partial charge in [0.25, 0.3) is 0 Å². The molecule has 0 radical (unpaired) electrons. The van der Waals surface area contributed by atoms with Crippen molar-refractivity contribution in [2.75, 3.05) is 0 Å². The molecule has 0 bridgehead atoms. The van der Waals surface area contributed by atoms with E-state index in [-0.39, 0.29) is 0 Å².